The van der Waals surface area contributed by atoms with E-state index >= 15 is 0 Å². The number of aromatic amines is 1. The molecule has 0 radical (unpaired) electrons. The maximum Gasteiger partial charge on any atom is 0.258 e. The molecule has 10 nitrogen and oxygen atoms in total. The highest BCUT2D eigenvalue weighted by molar-refractivity contribution is 6.01. The number of hydrogen-bond donors (Lipinski definition) is 2. The van der Waals surface area contributed by atoms with Crippen molar-refractivity contribution in [1.29, 1.82) is 0 Å². The van der Waals surface area contributed by atoms with Crippen LogP contribution < -0.4 is 4.90 Å². The molecule has 7 rings (SSSR count). The normalized spacial score (nSPS) is 18.6. The fourth-order valence-electron chi connectivity index (χ4n) is 6.12. The summed E-state index contributed by atoms with van der Waals surface area (Å²) in [5.74, 6) is -0.220. The number of nitrogens with zero attached hydrogens (tertiary/aromatic N) is 6. The molecule has 2 aliphatic heterocycles. The largest absolute Gasteiger partial charge is 0.438 e. The highest BCUT2D eigenvalue weighted by Gasteiger charge is 2.39. The second kappa shape index (κ2) is 9.16. The van der Waals surface area contributed by atoms with Crippen LogP contribution in [-0.4, -0.2) is 65.7 Å². The van der Waals surface area contributed by atoms with Crippen LogP contribution in [0.2, 0.25) is 0 Å². The number of carbonyl (C=O) groups is 1. The van der Waals surface area contributed by atoms with Gasteiger partial charge in [-0.1, -0.05) is 6.07 Å². The third-order valence-corrected chi connectivity index (χ3v) is 8.40. The van der Waals surface area contributed by atoms with Crippen molar-refractivity contribution < 1.29 is 18.7 Å². The van der Waals surface area contributed by atoms with E-state index in [0.29, 0.717) is 35.3 Å². The summed E-state index contributed by atoms with van der Waals surface area (Å²) < 4.78 is 22.1. The Hall–Kier alpha value is -4.25. The molecule has 1 fully saturated rings. The summed E-state index contributed by atoms with van der Waals surface area (Å²) in [7, 11) is 0. The van der Waals surface area contributed by atoms with E-state index in [0.717, 1.165) is 37.3 Å². The number of aliphatic hydroxyl groups is 1. The fourth-order valence-corrected chi connectivity index (χ4v) is 6.12. The molecule has 0 bridgehead atoms. The van der Waals surface area contributed by atoms with Gasteiger partial charge in [0.1, 0.15) is 5.52 Å². The van der Waals surface area contributed by atoms with E-state index in [1.807, 2.05) is 32.2 Å². The van der Waals surface area contributed by atoms with Gasteiger partial charge in [-0.05, 0) is 56.9 Å². The maximum absolute atomic E-state index is 14.4. The molecule has 1 saturated heterocycles. The van der Waals surface area contributed by atoms with Crippen molar-refractivity contribution in [3.8, 4) is 0 Å². The van der Waals surface area contributed by atoms with Gasteiger partial charge < -0.3 is 24.3 Å². The lowest BCUT2D eigenvalue weighted by Gasteiger charge is -2.38. The van der Waals surface area contributed by atoms with Crippen LogP contribution in [0.3, 0.4) is 0 Å². The topological polar surface area (TPSA) is 116 Å². The minimum Gasteiger partial charge on any atom is -0.438 e. The van der Waals surface area contributed by atoms with Crippen LogP contribution in [0.15, 0.2) is 53.5 Å². The standard InChI is InChI=1S/C29H30FN7O3/c1-29(2,39)17-8-11-35(12-9-17)18-6-7-22-19(14-33-37(22)15-18)28(38)36-13-10-21-25(32-16-31-21)26(36)27-34-24-20(30)4-3-5-23(24)40-27/h3-7,14-17,26,39H,8-13H2,1-2H3,(H,31,32)/t26-/m0/s1. The van der Waals surface area contributed by atoms with E-state index in [1.54, 1.807) is 34.1 Å². The summed E-state index contributed by atoms with van der Waals surface area (Å²) in [6.45, 7) is 5.86. The molecular formula is C29H30FN7O3. The van der Waals surface area contributed by atoms with Crippen LogP contribution >= 0.6 is 0 Å². The van der Waals surface area contributed by atoms with Crippen LogP contribution in [0.25, 0.3) is 16.6 Å². The van der Waals surface area contributed by atoms with Crippen molar-refractivity contribution >= 4 is 28.2 Å². The van der Waals surface area contributed by atoms with E-state index in [4.69, 9.17) is 4.42 Å². The Kier molecular flexibility index (Phi) is 5.67. The number of amides is 1. The first-order valence-electron chi connectivity index (χ1n) is 13.6. The Morgan fingerprint density at radius 3 is 2.77 bits per heavy atom. The molecule has 2 aliphatic rings. The number of oxazole rings is 1. The molecular weight excluding hydrogens is 513 g/mol. The van der Waals surface area contributed by atoms with Gasteiger partial charge in [0.25, 0.3) is 5.91 Å². The molecule has 0 aliphatic carbocycles. The van der Waals surface area contributed by atoms with Gasteiger partial charge in [0.05, 0.1) is 46.8 Å². The lowest BCUT2D eigenvalue weighted by Crippen LogP contribution is -2.42. The predicted octanol–water partition coefficient (Wildman–Crippen LogP) is 4.11. The van der Waals surface area contributed by atoms with Crippen molar-refractivity contribution in [3.63, 3.8) is 0 Å². The number of hydrogen-bond acceptors (Lipinski definition) is 7. The molecule has 1 aromatic carbocycles. The van der Waals surface area contributed by atoms with Gasteiger partial charge in [-0.3, -0.25) is 4.79 Å². The Morgan fingerprint density at radius 2 is 2.00 bits per heavy atom. The van der Waals surface area contributed by atoms with E-state index in [-0.39, 0.29) is 23.2 Å². The number of imidazole rings is 1. The molecule has 1 amide bonds. The Balaban J connectivity index is 1.20. The Labute approximate surface area is 229 Å². The van der Waals surface area contributed by atoms with E-state index < -0.39 is 17.5 Å². The predicted molar refractivity (Wildman–Crippen MR) is 146 cm³/mol. The molecule has 40 heavy (non-hydrogen) atoms. The zero-order chi connectivity index (χ0) is 27.6. The molecule has 0 unspecified atom stereocenters. The Morgan fingerprint density at radius 1 is 1.18 bits per heavy atom. The molecule has 1 atom stereocenters. The number of H-pyrrole nitrogens is 1. The van der Waals surface area contributed by atoms with Gasteiger partial charge in [-0.25, -0.2) is 18.9 Å². The maximum atomic E-state index is 14.4. The zero-order valence-electron chi connectivity index (χ0n) is 22.3. The molecule has 4 aromatic heterocycles. The summed E-state index contributed by atoms with van der Waals surface area (Å²) in [5.41, 5.74) is 3.47. The van der Waals surface area contributed by atoms with Gasteiger partial charge in [-0.2, -0.15) is 5.10 Å². The summed E-state index contributed by atoms with van der Waals surface area (Å²) in [4.78, 5) is 30.1. The number of halogens is 1. The van der Waals surface area contributed by atoms with Crippen molar-refractivity contribution in [3.05, 3.63) is 77.7 Å². The first-order valence-corrected chi connectivity index (χ1v) is 13.6. The van der Waals surface area contributed by atoms with Crippen LogP contribution in [0.5, 0.6) is 0 Å². The van der Waals surface area contributed by atoms with Gasteiger partial charge in [0.15, 0.2) is 17.4 Å². The average molecular weight is 544 g/mol. The monoisotopic (exact) mass is 543 g/mol. The first-order chi connectivity index (χ1) is 19.3. The number of benzene rings is 1. The highest BCUT2D eigenvalue weighted by atomic mass is 19.1. The second-order valence-corrected chi connectivity index (χ2v) is 11.2. The molecule has 11 heteroatoms. The molecule has 6 heterocycles. The van der Waals surface area contributed by atoms with Crippen molar-refractivity contribution in [2.75, 3.05) is 24.5 Å². The third kappa shape index (κ3) is 4.03. The van der Waals surface area contributed by atoms with Gasteiger partial charge in [0.2, 0.25) is 5.89 Å². The van der Waals surface area contributed by atoms with Crippen LogP contribution in [0.4, 0.5) is 10.1 Å². The van der Waals surface area contributed by atoms with Gasteiger partial charge >= 0.3 is 0 Å². The number of aromatic nitrogens is 5. The van der Waals surface area contributed by atoms with Crippen LogP contribution in [0, 0.1) is 11.7 Å². The van der Waals surface area contributed by atoms with E-state index in [9.17, 15) is 14.3 Å². The number of fused-ring (bicyclic) bond motifs is 3. The van der Waals surface area contributed by atoms with Crippen LogP contribution in [0.1, 0.15) is 60.4 Å². The third-order valence-electron chi connectivity index (χ3n) is 8.40. The number of piperidine rings is 1. The highest BCUT2D eigenvalue weighted by Crippen LogP contribution is 2.36. The zero-order valence-corrected chi connectivity index (χ0v) is 22.3. The minimum absolute atomic E-state index is 0.127. The average Bonchev–Trinajstić information content (AvgIpc) is 3.70. The van der Waals surface area contributed by atoms with Gasteiger partial charge in [-0.15, -0.1) is 0 Å². The molecule has 0 saturated carbocycles. The molecule has 0 spiro atoms. The smallest absolute Gasteiger partial charge is 0.258 e. The Bertz CT molecular complexity index is 1720. The van der Waals surface area contributed by atoms with Crippen LogP contribution in [-0.2, 0) is 6.42 Å². The SMILES string of the molecule is CC(C)(O)C1CCN(c2ccc3c(C(=O)N4CCc5[nH]cnc5[C@H]4c4nc5c(F)cccc5o4)cnn3c2)CC1. The lowest BCUT2D eigenvalue weighted by molar-refractivity contribution is 0.00650. The fraction of sp³-hybridized carbons (Fsp3) is 0.379. The quantitative estimate of drug-likeness (QED) is 0.350. The summed E-state index contributed by atoms with van der Waals surface area (Å²) in [6.07, 6.45) is 7.54. The number of nitrogens with one attached hydrogen (secondary N) is 1. The molecule has 2 N–H and O–H groups in total. The lowest BCUT2D eigenvalue weighted by atomic mass is 9.83. The first kappa shape index (κ1) is 24.8. The minimum atomic E-state index is -0.708. The van der Waals surface area contributed by atoms with Crippen molar-refractivity contribution in [2.45, 2.75) is 44.8 Å². The number of anilines is 1. The van der Waals surface area contributed by atoms with Crippen molar-refractivity contribution in [2.24, 2.45) is 5.92 Å². The molecule has 206 valence electrons. The summed E-state index contributed by atoms with van der Waals surface area (Å²) in [5, 5.41) is 14.9. The second-order valence-electron chi connectivity index (χ2n) is 11.2. The van der Waals surface area contributed by atoms with Gasteiger partial charge in [0, 0.05) is 31.7 Å². The van der Waals surface area contributed by atoms with E-state index in [2.05, 4.69) is 25.0 Å². The summed E-state index contributed by atoms with van der Waals surface area (Å²) >= 11 is 0. The summed E-state index contributed by atoms with van der Waals surface area (Å²) in [6, 6.07) is 7.79. The van der Waals surface area contributed by atoms with Crippen molar-refractivity contribution in [1.82, 2.24) is 29.5 Å². The number of para-hydroxylation sites is 1. The number of carbonyl (C=O) groups excluding carboxylic acids is 1. The molecule has 5 aromatic rings. The number of pyridine rings is 1. The number of rotatable bonds is 4. The van der Waals surface area contributed by atoms with E-state index in [1.165, 1.54) is 6.07 Å².